The molecule has 1 aliphatic rings. The number of ether oxygens (including phenoxy) is 1. The Kier molecular flexibility index (Phi) is 6.66. The van der Waals surface area contributed by atoms with Gasteiger partial charge in [0.25, 0.3) is 0 Å². The molecule has 0 radical (unpaired) electrons. The highest BCUT2D eigenvalue weighted by Crippen LogP contribution is 2.25. The zero-order chi connectivity index (χ0) is 18.4. The summed E-state index contributed by atoms with van der Waals surface area (Å²) in [5.74, 6) is -0.393. The first kappa shape index (κ1) is 19.5. The Morgan fingerprint density at radius 1 is 1.36 bits per heavy atom. The Hall–Kier alpha value is -1.80. The zero-order valence-electron chi connectivity index (χ0n) is 14.4. The first-order valence-corrected chi connectivity index (χ1v) is 8.26. The molecule has 0 aromatic heterocycles. The lowest BCUT2D eigenvalue weighted by Gasteiger charge is -2.36. The number of piperazine rings is 1. The van der Waals surface area contributed by atoms with Crippen LogP contribution in [0.2, 0.25) is 0 Å². The van der Waals surface area contributed by atoms with Crippen LogP contribution in [0.1, 0.15) is 18.4 Å². The molecule has 1 amide bonds. The third-order valence-electron chi connectivity index (χ3n) is 4.43. The summed E-state index contributed by atoms with van der Waals surface area (Å²) in [7, 11) is 1.52. The fourth-order valence-electron chi connectivity index (χ4n) is 2.86. The predicted molar refractivity (Wildman–Crippen MR) is 88.7 cm³/mol. The van der Waals surface area contributed by atoms with Gasteiger partial charge in [0.1, 0.15) is 11.8 Å². The van der Waals surface area contributed by atoms with Crippen molar-refractivity contribution in [2.45, 2.75) is 25.1 Å². The summed E-state index contributed by atoms with van der Waals surface area (Å²) < 4.78 is 45.2. The van der Waals surface area contributed by atoms with E-state index in [2.05, 4.69) is 10.6 Å². The van der Waals surface area contributed by atoms with Gasteiger partial charge in [-0.25, -0.2) is 0 Å². The molecular formula is C17H24F3N3O2. The first-order chi connectivity index (χ1) is 11.8. The number of amides is 1. The van der Waals surface area contributed by atoms with Crippen molar-refractivity contribution in [2.75, 3.05) is 39.8 Å². The van der Waals surface area contributed by atoms with Gasteiger partial charge in [0.2, 0.25) is 5.91 Å². The van der Waals surface area contributed by atoms with E-state index in [9.17, 15) is 18.0 Å². The number of carbonyl (C=O) groups excluding carboxylic acids is 1. The van der Waals surface area contributed by atoms with Crippen molar-refractivity contribution >= 4 is 5.91 Å². The summed E-state index contributed by atoms with van der Waals surface area (Å²) in [4.78, 5) is 13.7. The third kappa shape index (κ3) is 5.34. The molecule has 0 spiro atoms. The predicted octanol–water partition coefficient (Wildman–Crippen LogP) is 1.75. The van der Waals surface area contributed by atoms with Crippen LogP contribution in [0.4, 0.5) is 13.2 Å². The minimum atomic E-state index is -4.39. The van der Waals surface area contributed by atoms with Crippen molar-refractivity contribution in [1.29, 1.82) is 0 Å². The lowest BCUT2D eigenvalue weighted by Crippen LogP contribution is -2.57. The van der Waals surface area contributed by atoms with Gasteiger partial charge in [0.15, 0.2) is 0 Å². The summed E-state index contributed by atoms with van der Waals surface area (Å²) in [6.07, 6.45) is -4.39. The quantitative estimate of drug-likeness (QED) is 0.813. The normalized spacial score (nSPS) is 18.4. The smallest absolute Gasteiger partial charge is 0.405 e. The number of rotatable bonds is 6. The molecule has 1 heterocycles. The highest BCUT2D eigenvalue weighted by Gasteiger charge is 2.43. The highest BCUT2D eigenvalue weighted by atomic mass is 19.4. The fourth-order valence-corrected chi connectivity index (χ4v) is 2.86. The van der Waals surface area contributed by atoms with E-state index in [1.807, 2.05) is 0 Å². The summed E-state index contributed by atoms with van der Waals surface area (Å²) in [6.45, 7) is 2.87. The van der Waals surface area contributed by atoms with Gasteiger partial charge in [-0.2, -0.15) is 13.2 Å². The Labute approximate surface area is 145 Å². The molecule has 0 saturated carbocycles. The van der Waals surface area contributed by atoms with Crippen molar-refractivity contribution in [1.82, 2.24) is 15.5 Å². The van der Waals surface area contributed by atoms with E-state index in [1.54, 1.807) is 31.2 Å². The number of nitrogens with one attached hydrogen (secondary N) is 2. The van der Waals surface area contributed by atoms with Crippen LogP contribution < -0.4 is 15.4 Å². The number of halogens is 3. The molecule has 1 aromatic rings. The largest absolute Gasteiger partial charge is 0.497 e. The van der Waals surface area contributed by atoms with Gasteiger partial charge >= 0.3 is 6.18 Å². The van der Waals surface area contributed by atoms with Gasteiger partial charge in [-0.15, -0.1) is 0 Å². The molecule has 0 bridgehead atoms. The minimum absolute atomic E-state index is 0.311. The average molecular weight is 359 g/mol. The molecule has 2 atom stereocenters. The molecule has 140 valence electrons. The van der Waals surface area contributed by atoms with Crippen molar-refractivity contribution in [3.63, 3.8) is 0 Å². The maximum atomic E-state index is 13.3. The molecular weight excluding hydrogens is 335 g/mol. The molecule has 25 heavy (non-hydrogen) atoms. The Morgan fingerprint density at radius 2 is 2.04 bits per heavy atom. The number of alkyl halides is 3. The van der Waals surface area contributed by atoms with Crippen molar-refractivity contribution in [3.05, 3.63) is 29.8 Å². The number of methoxy groups -OCH3 is 1. The van der Waals surface area contributed by atoms with Crippen LogP contribution in [0.5, 0.6) is 5.75 Å². The summed E-state index contributed by atoms with van der Waals surface area (Å²) in [5, 5.41) is 5.49. The first-order valence-electron chi connectivity index (χ1n) is 8.26. The lowest BCUT2D eigenvalue weighted by molar-refractivity contribution is -0.184. The molecule has 8 heteroatoms. The van der Waals surface area contributed by atoms with E-state index in [0.29, 0.717) is 37.5 Å². The standard InChI is InChI=1S/C17H24F3N3O2/c1-12(13-4-3-5-14(10-13)25-2)16(24)22-11-15(17(18,19)20)23-8-6-21-7-9-23/h3-5,10,12,15,21H,6-9,11H2,1-2H3,(H,22,24). The molecule has 1 aliphatic heterocycles. The molecule has 1 aromatic carbocycles. The second-order valence-corrected chi connectivity index (χ2v) is 6.09. The maximum Gasteiger partial charge on any atom is 0.405 e. The molecule has 1 saturated heterocycles. The van der Waals surface area contributed by atoms with Gasteiger partial charge in [-0.1, -0.05) is 12.1 Å². The molecule has 2 rings (SSSR count). The van der Waals surface area contributed by atoms with E-state index in [4.69, 9.17) is 4.74 Å². The van der Waals surface area contributed by atoms with E-state index in [1.165, 1.54) is 12.0 Å². The Morgan fingerprint density at radius 3 is 2.64 bits per heavy atom. The van der Waals surface area contributed by atoms with Crippen molar-refractivity contribution in [2.24, 2.45) is 0 Å². The van der Waals surface area contributed by atoms with Gasteiger partial charge in [-0.3, -0.25) is 9.69 Å². The second-order valence-electron chi connectivity index (χ2n) is 6.09. The molecule has 2 unspecified atom stereocenters. The van der Waals surface area contributed by atoms with E-state index < -0.39 is 30.6 Å². The number of benzene rings is 1. The summed E-state index contributed by atoms with van der Waals surface area (Å²) in [5.41, 5.74) is 0.697. The van der Waals surface area contributed by atoms with Crippen LogP contribution in [0.25, 0.3) is 0 Å². The third-order valence-corrected chi connectivity index (χ3v) is 4.43. The SMILES string of the molecule is COc1cccc(C(C)C(=O)NCC(N2CCNCC2)C(F)(F)F)c1. The fraction of sp³-hybridized carbons (Fsp3) is 0.588. The van der Waals surface area contributed by atoms with Gasteiger partial charge in [-0.05, 0) is 24.6 Å². The van der Waals surface area contributed by atoms with Gasteiger partial charge in [0, 0.05) is 32.7 Å². The Bertz CT molecular complexity index is 575. The van der Waals surface area contributed by atoms with Crippen molar-refractivity contribution < 1.29 is 22.7 Å². The summed E-state index contributed by atoms with van der Waals surface area (Å²) in [6, 6.07) is 5.29. The van der Waals surface area contributed by atoms with Crippen LogP contribution in [0.15, 0.2) is 24.3 Å². The van der Waals surface area contributed by atoms with E-state index in [-0.39, 0.29) is 0 Å². The van der Waals surface area contributed by atoms with Crippen LogP contribution in [0.3, 0.4) is 0 Å². The van der Waals surface area contributed by atoms with Crippen molar-refractivity contribution in [3.8, 4) is 5.75 Å². The maximum absolute atomic E-state index is 13.3. The zero-order valence-corrected chi connectivity index (χ0v) is 14.4. The average Bonchev–Trinajstić information content (AvgIpc) is 2.61. The van der Waals surface area contributed by atoms with Crippen LogP contribution >= 0.6 is 0 Å². The molecule has 1 fully saturated rings. The topological polar surface area (TPSA) is 53.6 Å². The monoisotopic (exact) mass is 359 g/mol. The van der Waals surface area contributed by atoms with E-state index >= 15 is 0 Å². The van der Waals surface area contributed by atoms with Crippen LogP contribution in [-0.4, -0.2) is 62.9 Å². The highest BCUT2D eigenvalue weighted by molar-refractivity contribution is 5.83. The molecule has 2 N–H and O–H groups in total. The number of carbonyl (C=O) groups is 1. The number of hydrogen-bond donors (Lipinski definition) is 2. The Balaban J connectivity index is 1.99. The summed E-state index contributed by atoms with van der Waals surface area (Å²) >= 11 is 0. The number of hydrogen-bond acceptors (Lipinski definition) is 4. The lowest BCUT2D eigenvalue weighted by atomic mass is 10.00. The number of nitrogens with zero attached hydrogens (tertiary/aromatic N) is 1. The minimum Gasteiger partial charge on any atom is -0.497 e. The van der Waals surface area contributed by atoms with Crippen LogP contribution in [0, 0.1) is 0 Å². The van der Waals surface area contributed by atoms with Crippen LogP contribution in [-0.2, 0) is 4.79 Å². The second kappa shape index (κ2) is 8.53. The molecule has 0 aliphatic carbocycles. The van der Waals surface area contributed by atoms with Gasteiger partial charge < -0.3 is 15.4 Å². The van der Waals surface area contributed by atoms with Gasteiger partial charge in [0.05, 0.1) is 13.0 Å². The van der Waals surface area contributed by atoms with E-state index in [0.717, 1.165) is 0 Å². The molecule has 5 nitrogen and oxygen atoms in total.